The van der Waals surface area contributed by atoms with Crippen molar-refractivity contribution in [2.24, 2.45) is 5.92 Å². The second-order valence-electron chi connectivity index (χ2n) is 13.0. The van der Waals surface area contributed by atoms with Crippen molar-refractivity contribution in [3.63, 3.8) is 0 Å². The molecule has 284 valence electrons. The number of rotatable bonds is 8. The Balaban J connectivity index is 1.59. The summed E-state index contributed by atoms with van der Waals surface area (Å²) < 4.78 is 80.3. The summed E-state index contributed by atoms with van der Waals surface area (Å²) >= 11 is 5.93. The Kier molecular flexibility index (Phi) is 13.8. The van der Waals surface area contributed by atoms with Crippen molar-refractivity contribution in [1.29, 1.82) is 0 Å². The van der Waals surface area contributed by atoms with Gasteiger partial charge in [-0.05, 0) is 99.8 Å². The Bertz CT molecular complexity index is 1780. The van der Waals surface area contributed by atoms with Gasteiger partial charge in [0.15, 0.2) is 0 Å². The number of likely N-dealkylation sites (N-methyl/N-ethyl adjacent to an activating group) is 1. The van der Waals surface area contributed by atoms with Crippen LogP contribution in [0.3, 0.4) is 0 Å². The maximum atomic E-state index is 14.4. The lowest BCUT2D eigenvalue weighted by atomic mass is 10.0. The number of alkyl halides is 3. The number of nitrogens with zero attached hydrogens (tertiary/aromatic N) is 2. The number of ether oxygens (including phenoxy) is 2. The van der Waals surface area contributed by atoms with Crippen LogP contribution < -0.4 is 14.8 Å². The first-order valence-electron chi connectivity index (χ1n) is 16.8. The van der Waals surface area contributed by atoms with E-state index in [1.165, 1.54) is 71.4 Å². The summed E-state index contributed by atoms with van der Waals surface area (Å²) in [7, 11) is -2.51. The monoisotopic (exact) mass is 768 g/mol. The van der Waals surface area contributed by atoms with E-state index in [1.54, 1.807) is 6.92 Å². The number of nitrogens with one attached hydrogen (secondary N) is 2. The van der Waals surface area contributed by atoms with Crippen LogP contribution in [0.15, 0.2) is 71.6 Å². The molecule has 1 heterocycles. The summed E-state index contributed by atoms with van der Waals surface area (Å²) in [6, 6.07) is 12.9. The summed E-state index contributed by atoms with van der Waals surface area (Å²) in [5, 5.41) is 13.2. The number of sulfonamides is 1. The van der Waals surface area contributed by atoms with Crippen molar-refractivity contribution in [2.45, 2.75) is 69.4 Å². The van der Waals surface area contributed by atoms with Crippen LogP contribution in [0.5, 0.6) is 5.75 Å². The molecule has 0 fully saturated rings. The molecule has 0 radical (unpaired) electrons. The highest BCUT2D eigenvalue weighted by molar-refractivity contribution is 7.92. The molecule has 4 rings (SSSR count). The van der Waals surface area contributed by atoms with Crippen molar-refractivity contribution < 1.29 is 45.8 Å². The van der Waals surface area contributed by atoms with Gasteiger partial charge in [-0.25, -0.2) is 13.2 Å². The summed E-state index contributed by atoms with van der Waals surface area (Å²) in [6.07, 6.45) is -3.39. The third-order valence-corrected chi connectivity index (χ3v) is 10.3. The first-order valence-corrected chi connectivity index (χ1v) is 18.7. The molecule has 3 aromatic carbocycles. The van der Waals surface area contributed by atoms with Gasteiger partial charge in [0.2, 0.25) is 0 Å². The zero-order chi connectivity index (χ0) is 38.2. The molecule has 11 nitrogen and oxygen atoms in total. The molecule has 0 aliphatic carbocycles. The van der Waals surface area contributed by atoms with Crippen molar-refractivity contribution in [3.05, 3.63) is 82.9 Å². The molecule has 16 heteroatoms. The average molecular weight is 769 g/mol. The predicted octanol–water partition coefficient (Wildman–Crippen LogP) is 7.12. The smallest absolute Gasteiger partial charge is 0.416 e. The van der Waals surface area contributed by atoms with Gasteiger partial charge in [0, 0.05) is 49.1 Å². The number of anilines is 2. The third kappa shape index (κ3) is 11.0. The number of carbonyl (C=O) groups is 2. The fourth-order valence-electron chi connectivity index (χ4n) is 5.59. The van der Waals surface area contributed by atoms with Crippen molar-refractivity contribution in [3.8, 4) is 5.75 Å². The maximum absolute atomic E-state index is 14.4. The zero-order valence-electron chi connectivity index (χ0n) is 29.3. The van der Waals surface area contributed by atoms with E-state index in [1.807, 2.05) is 13.8 Å². The number of hydrogen-bond donors (Lipinski definition) is 3. The van der Waals surface area contributed by atoms with E-state index < -0.39 is 51.8 Å². The molecule has 52 heavy (non-hydrogen) atoms. The van der Waals surface area contributed by atoms with Crippen LogP contribution in [0, 0.1) is 5.92 Å². The fourth-order valence-corrected chi connectivity index (χ4v) is 6.77. The van der Waals surface area contributed by atoms with Gasteiger partial charge >= 0.3 is 12.2 Å². The number of fused-ring (bicyclic) bond motifs is 1. The van der Waals surface area contributed by atoms with Gasteiger partial charge in [-0.1, -0.05) is 18.5 Å². The van der Waals surface area contributed by atoms with Gasteiger partial charge in [-0.3, -0.25) is 9.52 Å². The topological polar surface area (TPSA) is 138 Å². The molecule has 3 N–H and O–H groups in total. The molecule has 3 amide bonds. The fraction of sp³-hybridized carbons (Fsp3) is 0.444. The summed E-state index contributed by atoms with van der Waals surface area (Å²) in [6.45, 7) is 5.51. The lowest BCUT2D eigenvalue weighted by Crippen LogP contribution is -2.48. The van der Waals surface area contributed by atoms with Crippen LogP contribution in [-0.4, -0.2) is 86.9 Å². The molecule has 4 atom stereocenters. The lowest BCUT2D eigenvalue weighted by molar-refractivity contribution is -0.137. The number of amides is 3. The summed E-state index contributed by atoms with van der Waals surface area (Å²) in [5.74, 6) is -0.663. The second-order valence-corrected chi connectivity index (χ2v) is 15.1. The van der Waals surface area contributed by atoms with E-state index in [9.17, 15) is 36.3 Å². The summed E-state index contributed by atoms with van der Waals surface area (Å²) in [4.78, 5) is 30.2. The number of aliphatic hydroxyl groups is 1. The highest BCUT2D eigenvalue weighted by Gasteiger charge is 2.32. The SMILES string of the molecule is C[C@H](CO)N1C[C@H](C)[C@@H](CN(C)C(=O)Nc2ccc(C(F)(F)F)cc2)OCCCC[C@H](C)Oc2ccc(NS(=O)(=O)c3ccc(Cl)cc3)cc2C1=O. The van der Waals surface area contributed by atoms with Crippen LogP contribution in [0.1, 0.15) is 56.0 Å². The minimum atomic E-state index is -4.51. The molecular weight excluding hydrogens is 725 g/mol. The van der Waals surface area contributed by atoms with Gasteiger partial charge in [0.25, 0.3) is 15.9 Å². The Morgan fingerprint density at radius 1 is 1.06 bits per heavy atom. The first-order chi connectivity index (χ1) is 24.5. The van der Waals surface area contributed by atoms with Gasteiger partial charge in [-0.2, -0.15) is 13.2 Å². The normalized spacial score (nSPS) is 19.8. The van der Waals surface area contributed by atoms with Crippen molar-refractivity contribution in [1.82, 2.24) is 9.80 Å². The van der Waals surface area contributed by atoms with E-state index in [2.05, 4.69) is 10.0 Å². The van der Waals surface area contributed by atoms with Crippen LogP contribution in [-0.2, 0) is 20.9 Å². The maximum Gasteiger partial charge on any atom is 0.416 e. The van der Waals surface area contributed by atoms with E-state index in [0.717, 1.165) is 18.6 Å². The molecule has 1 aliphatic heterocycles. The first kappa shape index (κ1) is 40.7. The average Bonchev–Trinajstić information content (AvgIpc) is 3.09. The van der Waals surface area contributed by atoms with Gasteiger partial charge in [-0.15, -0.1) is 0 Å². The van der Waals surface area contributed by atoms with E-state index >= 15 is 0 Å². The van der Waals surface area contributed by atoms with E-state index in [0.29, 0.717) is 24.5 Å². The van der Waals surface area contributed by atoms with Gasteiger partial charge < -0.3 is 29.7 Å². The quantitative estimate of drug-likeness (QED) is 0.222. The molecule has 0 spiro atoms. The van der Waals surface area contributed by atoms with Gasteiger partial charge in [0.1, 0.15) is 5.75 Å². The van der Waals surface area contributed by atoms with E-state index in [4.69, 9.17) is 21.1 Å². The number of benzene rings is 3. The molecule has 0 saturated carbocycles. The molecular formula is C36H44ClF3N4O7S. The largest absolute Gasteiger partial charge is 0.490 e. The number of carbonyl (C=O) groups excluding carboxylic acids is 2. The minimum absolute atomic E-state index is 0.0263. The minimum Gasteiger partial charge on any atom is -0.490 e. The lowest BCUT2D eigenvalue weighted by Gasteiger charge is -2.35. The molecule has 0 unspecified atom stereocenters. The Morgan fingerprint density at radius 3 is 2.35 bits per heavy atom. The molecule has 1 aliphatic rings. The number of aliphatic hydroxyl groups excluding tert-OH is 1. The highest BCUT2D eigenvalue weighted by Crippen LogP contribution is 2.31. The molecule has 0 saturated heterocycles. The third-order valence-electron chi connectivity index (χ3n) is 8.69. The highest BCUT2D eigenvalue weighted by atomic mass is 35.5. The molecule has 0 bridgehead atoms. The van der Waals surface area contributed by atoms with E-state index in [-0.39, 0.29) is 53.4 Å². The van der Waals surface area contributed by atoms with Crippen LogP contribution in [0.4, 0.5) is 29.3 Å². The van der Waals surface area contributed by atoms with Crippen molar-refractivity contribution in [2.75, 3.05) is 43.4 Å². The van der Waals surface area contributed by atoms with Crippen LogP contribution >= 0.6 is 11.6 Å². The van der Waals surface area contributed by atoms with Gasteiger partial charge in [0.05, 0.1) is 40.9 Å². The molecule has 0 aromatic heterocycles. The van der Waals surface area contributed by atoms with Crippen LogP contribution in [0.2, 0.25) is 5.02 Å². The Labute approximate surface area is 307 Å². The number of urea groups is 1. The Hall–Kier alpha value is -4.05. The Morgan fingerprint density at radius 2 is 1.71 bits per heavy atom. The number of halogens is 4. The van der Waals surface area contributed by atoms with Crippen molar-refractivity contribution >= 4 is 44.9 Å². The predicted molar refractivity (Wildman–Crippen MR) is 192 cm³/mol. The standard InChI is InChI=1S/C36H44ClF3N4O7S/c1-23-20-44(24(2)22-45)34(46)31-19-29(42-52(48,49)30-15-10-27(37)11-16-30)14-17-32(31)51-25(3)7-5-6-18-50-33(23)21-43(4)35(47)41-28-12-8-26(9-13-28)36(38,39)40/h8-17,19,23-25,33,42,45H,5-7,18,20-22H2,1-4H3,(H,41,47)/t23-,24+,25-,33+/m0/s1. The van der Waals surface area contributed by atoms with Crippen LogP contribution in [0.25, 0.3) is 0 Å². The summed E-state index contributed by atoms with van der Waals surface area (Å²) in [5.41, 5.74) is -0.455. The zero-order valence-corrected chi connectivity index (χ0v) is 30.9. The molecule has 3 aromatic rings. The second kappa shape index (κ2) is 17.6. The number of hydrogen-bond acceptors (Lipinski definition) is 7.